The molecule has 1 aliphatic carbocycles. The standard InChI is InChI=1S/C13H16ClN3O2.C11H18O2.C7H5NOS/c14-9-3-1-4-10(7-9)16-8-12(18)17-6-2-5-11(17)13(15)19;1-2-3-4-5-6-7-9-8-10(9)11(12)13;9-7-8-5-3-1-2-4-6(5)10-7/h1,3-4,7,11,16H,2,5-6,8H2,(H2,15,19);6-7,9-10H,2-5,8H2,1H3,(H,12,13);1-4H,(H,8,9)/b;7-6-;. The molecule has 0 spiro atoms. The van der Waals surface area contributed by atoms with Crippen LogP contribution in [0.15, 0.2) is 65.5 Å². The first-order chi connectivity index (χ1) is 20.2. The quantitative estimate of drug-likeness (QED) is 0.171. The Kier molecular flexibility index (Phi) is 13.1. The summed E-state index contributed by atoms with van der Waals surface area (Å²) in [5, 5.41) is 12.2. The molecule has 1 aliphatic heterocycles. The minimum atomic E-state index is -0.636. The van der Waals surface area contributed by atoms with Crippen LogP contribution in [0.5, 0.6) is 0 Å². The lowest BCUT2D eigenvalue weighted by Gasteiger charge is -2.22. The molecule has 42 heavy (non-hydrogen) atoms. The number of allylic oxidation sites excluding steroid dienone is 2. The van der Waals surface area contributed by atoms with Crippen molar-refractivity contribution in [3.8, 4) is 0 Å². The van der Waals surface area contributed by atoms with E-state index in [4.69, 9.17) is 22.4 Å². The fourth-order valence-electron chi connectivity index (χ4n) is 4.63. The van der Waals surface area contributed by atoms with E-state index in [1.165, 1.54) is 30.6 Å². The maximum atomic E-state index is 12.0. The van der Waals surface area contributed by atoms with Gasteiger partial charge in [0.2, 0.25) is 11.8 Å². The minimum absolute atomic E-state index is 0.0150. The molecular weight excluding hydrogens is 576 g/mol. The number of hydrogen-bond donors (Lipinski definition) is 4. The third kappa shape index (κ3) is 10.6. The number of likely N-dealkylation sites (tertiary alicyclic amines) is 1. The molecule has 2 amide bonds. The molecule has 1 saturated carbocycles. The molecule has 2 aromatic carbocycles. The number of fused-ring (bicyclic) bond motifs is 1. The molecule has 0 radical (unpaired) electrons. The van der Waals surface area contributed by atoms with Gasteiger partial charge in [-0.05, 0) is 68.4 Å². The van der Waals surface area contributed by atoms with Crippen LogP contribution in [0.25, 0.3) is 10.2 Å². The highest BCUT2D eigenvalue weighted by atomic mass is 35.5. The molecule has 1 aromatic heterocycles. The number of halogens is 1. The number of rotatable bonds is 10. The summed E-state index contributed by atoms with van der Waals surface area (Å²) >= 11 is 7.10. The average molecular weight is 615 g/mol. The summed E-state index contributed by atoms with van der Waals surface area (Å²) in [4.78, 5) is 48.8. The fraction of sp³-hybridized carbons (Fsp3) is 0.419. The predicted octanol–water partition coefficient (Wildman–Crippen LogP) is 5.66. The number of carboxylic acids is 1. The number of benzene rings is 2. The fourth-order valence-corrected chi connectivity index (χ4v) is 5.55. The Hall–Kier alpha value is -3.63. The van der Waals surface area contributed by atoms with Gasteiger partial charge in [-0.2, -0.15) is 0 Å². The van der Waals surface area contributed by atoms with Crippen LogP contribution < -0.4 is 15.9 Å². The number of primary amides is 1. The zero-order chi connectivity index (χ0) is 30.5. The van der Waals surface area contributed by atoms with Gasteiger partial charge in [-0.3, -0.25) is 19.2 Å². The van der Waals surface area contributed by atoms with Gasteiger partial charge in [-0.1, -0.05) is 73.1 Å². The van der Waals surface area contributed by atoms with E-state index >= 15 is 0 Å². The van der Waals surface area contributed by atoms with E-state index in [0.29, 0.717) is 23.9 Å². The highest BCUT2D eigenvalue weighted by Crippen LogP contribution is 2.39. The largest absolute Gasteiger partial charge is 0.481 e. The van der Waals surface area contributed by atoms with Gasteiger partial charge in [0.25, 0.3) is 0 Å². The Morgan fingerprint density at radius 3 is 2.64 bits per heavy atom. The summed E-state index contributed by atoms with van der Waals surface area (Å²) in [7, 11) is 0. The first kappa shape index (κ1) is 32.9. The highest BCUT2D eigenvalue weighted by Gasteiger charge is 2.40. The van der Waals surface area contributed by atoms with E-state index in [1.807, 2.05) is 30.3 Å². The molecule has 11 heteroatoms. The second kappa shape index (κ2) is 16.7. The lowest BCUT2D eigenvalue weighted by Crippen LogP contribution is -2.45. The molecule has 2 fully saturated rings. The Morgan fingerprint density at radius 2 is 1.98 bits per heavy atom. The van der Waals surface area contributed by atoms with Crippen molar-refractivity contribution in [3.05, 3.63) is 75.4 Å². The normalized spacial score (nSPS) is 19.0. The third-order valence-corrected chi connectivity index (χ3v) is 8.11. The summed E-state index contributed by atoms with van der Waals surface area (Å²) < 4.78 is 1.02. The van der Waals surface area contributed by atoms with Crippen LogP contribution in [-0.4, -0.2) is 51.9 Å². The number of thiazole rings is 1. The number of para-hydroxylation sites is 1. The maximum Gasteiger partial charge on any atom is 0.307 e. The minimum Gasteiger partial charge on any atom is -0.481 e. The smallest absolute Gasteiger partial charge is 0.307 e. The van der Waals surface area contributed by atoms with Gasteiger partial charge in [0.1, 0.15) is 6.04 Å². The van der Waals surface area contributed by atoms with Gasteiger partial charge in [0.05, 0.1) is 22.7 Å². The molecule has 9 nitrogen and oxygen atoms in total. The van der Waals surface area contributed by atoms with Gasteiger partial charge >= 0.3 is 10.8 Å². The van der Waals surface area contributed by atoms with Gasteiger partial charge in [0, 0.05) is 17.3 Å². The monoisotopic (exact) mass is 614 g/mol. The first-order valence-corrected chi connectivity index (χ1v) is 15.4. The van der Waals surface area contributed by atoms with Crippen molar-refractivity contribution in [1.29, 1.82) is 0 Å². The van der Waals surface area contributed by atoms with E-state index in [9.17, 15) is 19.2 Å². The van der Waals surface area contributed by atoms with Crippen molar-refractivity contribution >= 4 is 56.6 Å². The summed E-state index contributed by atoms with van der Waals surface area (Å²) in [6.45, 7) is 2.90. The van der Waals surface area contributed by atoms with E-state index in [1.54, 1.807) is 23.1 Å². The zero-order valence-electron chi connectivity index (χ0n) is 23.8. The molecule has 0 bridgehead atoms. The number of H-pyrrole nitrogens is 1. The van der Waals surface area contributed by atoms with Gasteiger partial charge in [-0.25, -0.2) is 0 Å². The van der Waals surface area contributed by atoms with Crippen molar-refractivity contribution in [1.82, 2.24) is 9.88 Å². The number of nitrogens with two attached hydrogens (primary N) is 1. The number of carboxylic acid groups (broad SMARTS) is 1. The number of nitrogens with one attached hydrogen (secondary N) is 2. The Morgan fingerprint density at radius 1 is 1.19 bits per heavy atom. The van der Waals surface area contributed by atoms with E-state index in [0.717, 1.165) is 35.2 Å². The van der Waals surface area contributed by atoms with Crippen LogP contribution in [-0.2, 0) is 14.4 Å². The number of aliphatic carboxylic acids is 1. The van der Waals surface area contributed by atoms with E-state index in [-0.39, 0.29) is 23.2 Å². The summed E-state index contributed by atoms with van der Waals surface area (Å²) in [6, 6.07) is 14.3. The van der Waals surface area contributed by atoms with Crippen LogP contribution >= 0.6 is 22.9 Å². The third-order valence-electron chi connectivity index (χ3n) is 7.01. The summed E-state index contributed by atoms with van der Waals surface area (Å²) in [6.07, 6.45) is 11.4. The number of amides is 2. The number of nitrogens with zero attached hydrogens (tertiary/aromatic N) is 1. The Bertz CT molecular complexity index is 1390. The molecule has 2 heterocycles. The van der Waals surface area contributed by atoms with Crippen molar-refractivity contribution in [2.45, 2.75) is 57.9 Å². The van der Waals surface area contributed by atoms with Gasteiger partial charge < -0.3 is 26.0 Å². The number of aromatic amines is 1. The van der Waals surface area contributed by atoms with Crippen LogP contribution in [0.1, 0.15) is 51.9 Å². The second-order valence-electron chi connectivity index (χ2n) is 10.3. The Labute approximate surface area is 254 Å². The summed E-state index contributed by atoms with van der Waals surface area (Å²) in [5.74, 6) is -0.945. The van der Waals surface area contributed by atoms with Crippen LogP contribution in [0, 0.1) is 11.8 Å². The molecular formula is C31H39ClN4O5S. The molecule has 3 unspecified atom stereocenters. The lowest BCUT2D eigenvalue weighted by atomic mass is 10.2. The van der Waals surface area contributed by atoms with Crippen molar-refractivity contribution in [3.63, 3.8) is 0 Å². The van der Waals surface area contributed by atoms with Crippen LogP contribution in [0.2, 0.25) is 5.02 Å². The number of anilines is 1. The predicted molar refractivity (Wildman–Crippen MR) is 169 cm³/mol. The molecule has 1 saturated heterocycles. The highest BCUT2D eigenvalue weighted by molar-refractivity contribution is 7.16. The van der Waals surface area contributed by atoms with Gasteiger partial charge in [0.15, 0.2) is 0 Å². The van der Waals surface area contributed by atoms with Crippen molar-refractivity contribution in [2.75, 3.05) is 18.4 Å². The lowest BCUT2D eigenvalue weighted by molar-refractivity contribution is -0.138. The SMILES string of the molecule is CCCCC/C=C\C1CC1C(=O)O.NC(=O)C1CCCN1C(=O)CNc1cccc(Cl)c1.O=c1[nH]c2ccccc2s1. The number of carbonyl (C=O) groups is 3. The molecule has 5 N–H and O–H groups in total. The average Bonchev–Trinajstić information content (AvgIpc) is 3.38. The molecule has 3 atom stereocenters. The molecule has 226 valence electrons. The zero-order valence-corrected chi connectivity index (χ0v) is 25.3. The topological polar surface area (TPSA) is 146 Å². The number of carbonyl (C=O) groups excluding carboxylic acids is 2. The molecule has 2 aliphatic rings. The number of unbranched alkanes of at least 4 members (excludes halogenated alkanes) is 3. The van der Waals surface area contributed by atoms with Gasteiger partial charge in [-0.15, -0.1) is 0 Å². The van der Waals surface area contributed by atoms with Crippen LogP contribution in [0.4, 0.5) is 5.69 Å². The second-order valence-corrected chi connectivity index (χ2v) is 11.7. The van der Waals surface area contributed by atoms with E-state index in [2.05, 4.69) is 29.4 Å². The van der Waals surface area contributed by atoms with Crippen LogP contribution in [0.3, 0.4) is 0 Å². The number of aromatic nitrogens is 1. The van der Waals surface area contributed by atoms with Crippen molar-refractivity contribution in [2.24, 2.45) is 17.6 Å². The van der Waals surface area contributed by atoms with Crippen molar-refractivity contribution < 1.29 is 19.5 Å². The molecule has 5 rings (SSSR count). The number of hydrogen-bond acceptors (Lipinski definition) is 6. The maximum absolute atomic E-state index is 12.0. The Balaban J connectivity index is 0.000000183. The van der Waals surface area contributed by atoms with E-state index < -0.39 is 17.9 Å². The summed E-state index contributed by atoms with van der Waals surface area (Å²) in [5.41, 5.74) is 6.98. The molecule has 3 aromatic rings. The first-order valence-electron chi connectivity index (χ1n) is 14.2.